The summed E-state index contributed by atoms with van der Waals surface area (Å²) in [6, 6.07) is 0. The average molecular weight is 115 g/mol. The monoisotopic (exact) mass is 115 g/mol. The minimum atomic E-state index is -0.897. The molecule has 47 valence electrons. The third-order valence-electron chi connectivity index (χ3n) is 0.663. The topological polar surface area (TPSA) is 29.1 Å². The van der Waals surface area contributed by atoms with Gasteiger partial charge in [-0.15, -0.1) is 0 Å². The SMILES string of the molecule is C/C=C/COC(C)[O]. The summed E-state index contributed by atoms with van der Waals surface area (Å²) >= 11 is 0. The molecule has 0 saturated carbocycles. The summed E-state index contributed by atoms with van der Waals surface area (Å²) in [7, 11) is 0. The van der Waals surface area contributed by atoms with Gasteiger partial charge in [-0.25, -0.2) is 5.11 Å². The van der Waals surface area contributed by atoms with Gasteiger partial charge in [-0.1, -0.05) is 12.2 Å². The summed E-state index contributed by atoms with van der Waals surface area (Å²) in [6.07, 6.45) is 2.75. The average Bonchev–Trinajstić information content (AvgIpc) is 1.66. The number of rotatable bonds is 3. The molecule has 8 heavy (non-hydrogen) atoms. The zero-order valence-electron chi connectivity index (χ0n) is 5.26. The molecule has 0 aromatic heterocycles. The zero-order valence-corrected chi connectivity index (χ0v) is 5.26. The first kappa shape index (κ1) is 7.66. The van der Waals surface area contributed by atoms with Crippen LogP contribution in [-0.4, -0.2) is 12.9 Å². The number of hydrogen-bond donors (Lipinski definition) is 0. The van der Waals surface area contributed by atoms with E-state index in [2.05, 4.69) is 4.74 Å². The van der Waals surface area contributed by atoms with E-state index in [1.165, 1.54) is 6.92 Å². The van der Waals surface area contributed by atoms with Crippen molar-refractivity contribution in [3.8, 4) is 0 Å². The summed E-state index contributed by atoms with van der Waals surface area (Å²) in [5, 5.41) is 10.1. The van der Waals surface area contributed by atoms with Crippen LogP contribution in [0, 0.1) is 0 Å². The smallest absolute Gasteiger partial charge is 0.188 e. The second kappa shape index (κ2) is 4.81. The molecule has 0 amide bonds. The summed E-state index contributed by atoms with van der Waals surface area (Å²) in [6.45, 7) is 3.80. The lowest BCUT2D eigenvalue weighted by atomic mass is 10.5. The molecule has 0 aliphatic heterocycles. The van der Waals surface area contributed by atoms with Crippen molar-refractivity contribution in [3.05, 3.63) is 12.2 Å². The Morgan fingerprint density at radius 1 is 1.75 bits per heavy atom. The van der Waals surface area contributed by atoms with Gasteiger partial charge >= 0.3 is 0 Å². The van der Waals surface area contributed by atoms with Crippen molar-refractivity contribution in [1.29, 1.82) is 0 Å². The fraction of sp³-hybridized carbons (Fsp3) is 0.667. The van der Waals surface area contributed by atoms with E-state index >= 15 is 0 Å². The van der Waals surface area contributed by atoms with Crippen LogP contribution in [0.5, 0.6) is 0 Å². The fourth-order valence-electron chi connectivity index (χ4n) is 0.287. The van der Waals surface area contributed by atoms with E-state index < -0.39 is 6.29 Å². The van der Waals surface area contributed by atoms with Gasteiger partial charge in [-0.2, -0.15) is 0 Å². The second-order valence-electron chi connectivity index (χ2n) is 1.47. The Bertz CT molecular complexity index is 66.9. The molecule has 0 aromatic carbocycles. The maximum atomic E-state index is 10.1. The fourth-order valence-corrected chi connectivity index (χ4v) is 0.287. The highest BCUT2D eigenvalue weighted by Gasteiger charge is 1.90. The van der Waals surface area contributed by atoms with Crippen LogP contribution in [0.15, 0.2) is 12.2 Å². The summed E-state index contributed by atoms with van der Waals surface area (Å²) in [5.74, 6) is 0. The third-order valence-corrected chi connectivity index (χ3v) is 0.663. The van der Waals surface area contributed by atoms with Crippen LogP contribution >= 0.6 is 0 Å². The van der Waals surface area contributed by atoms with Crippen LogP contribution in [0.2, 0.25) is 0 Å². The van der Waals surface area contributed by atoms with Crippen molar-refractivity contribution < 1.29 is 9.84 Å². The van der Waals surface area contributed by atoms with Gasteiger partial charge in [0.2, 0.25) is 0 Å². The van der Waals surface area contributed by atoms with Crippen molar-refractivity contribution in [3.63, 3.8) is 0 Å². The van der Waals surface area contributed by atoms with E-state index in [0.717, 1.165) is 0 Å². The van der Waals surface area contributed by atoms with E-state index in [-0.39, 0.29) is 0 Å². The van der Waals surface area contributed by atoms with Gasteiger partial charge in [0.05, 0.1) is 6.61 Å². The number of hydrogen-bond acceptors (Lipinski definition) is 1. The van der Waals surface area contributed by atoms with Gasteiger partial charge in [0.25, 0.3) is 0 Å². The van der Waals surface area contributed by atoms with E-state index in [1.54, 1.807) is 6.08 Å². The van der Waals surface area contributed by atoms with E-state index in [4.69, 9.17) is 0 Å². The molecule has 0 N–H and O–H groups in total. The Labute approximate surface area is 49.8 Å². The quantitative estimate of drug-likeness (QED) is 0.403. The lowest BCUT2D eigenvalue weighted by Gasteiger charge is -1.98. The van der Waals surface area contributed by atoms with E-state index in [0.29, 0.717) is 6.61 Å². The molecule has 2 nitrogen and oxygen atoms in total. The molecule has 0 bridgehead atoms. The van der Waals surface area contributed by atoms with Crippen molar-refractivity contribution in [2.24, 2.45) is 0 Å². The van der Waals surface area contributed by atoms with Gasteiger partial charge in [-0.05, 0) is 13.8 Å². The standard InChI is InChI=1S/C6H11O2/c1-3-4-5-8-6(2)7/h3-4,6H,5H2,1-2H3/b4-3+. The van der Waals surface area contributed by atoms with Crippen molar-refractivity contribution in [2.45, 2.75) is 20.1 Å². The Hall–Kier alpha value is -0.340. The maximum absolute atomic E-state index is 10.1. The minimum Gasteiger partial charge on any atom is -0.346 e. The Morgan fingerprint density at radius 2 is 2.38 bits per heavy atom. The molecule has 0 heterocycles. The summed E-state index contributed by atoms with van der Waals surface area (Å²) in [5.41, 5.74) is 0. The predicted octanol–water partition coefficient (Wildman–Crippen LogP) is 1.36. The van der Waals surface area contributed by atoms with Crippen molar-refractivity contribution in [1.82, 2.24) is 0 Å². The summed E-state index contributed by atoms with van der Waals surface area (Å²) in [4.78, 5) is 0. The van der Waals surface area contributed by atoms with Gasteiger partial charge in [0, 0.05) is 0 Å². The highest BCUT2D eigenvalue weighted by molar-refractivity contribution is 4.75. The molecule has 1 unspecified atom stereocenters. The first-order chi connectivity index (χ1) is 3.77. The molecule has 2 heteroatoms. The normalized spacial score (nSPS) is 14.9. The highest BCUT2D eigenvalue weighted by atomic mass is 16.6. The Balaban J connectivity index is 2.93. The Kier molecular flexibility index (Phi) is 4.61. The molecular formula is C6H11O2. The van der Waals surface area contributed by atoms with Gasteiger partial charge in [0.1, 0.15) is 0 Å². The first-order valence-electron chi connectivity index (χ1n) is 2.66. The van der Waals surface area contributed by atoms with Gasteiger partial charge in [-0.3, -0.25) is 0 Å². The summed E-state index contributed by atoms with van der Waals surface area (Å²) < 4.78 is 4.64. The highest BCUT2D eigenvalue weighted by Crippen LogP contribution is 1.84. The van der Waals surface area contributed by atoms with Crippen LogP contribution < -0.4 is 0 Å². The van der Waals surface area contributed by atoms with Crippen molar-refractivity contribution in [2.75, 3.05) is 6.61 Å². The van der Waals surface area contributed by atoms with E-state index in [1.807, 2.05) is 13.0 Å². The van der Waals surface area contributed by atoms with Crippen LogP contribution in [0.1, 0.15) is 13.8 Å². The van der Waals surface area contributed by atoms with Crippen LogP contribution in [0.25, 0.3) is 0 Å². The van der Waals surface area contributed by atoms with Crippen LogP contribution in [0.3, 0.4) is 0 Å². The molecule has 1 radical (unpaired) electrons. The number of allylic oxidation sites excluding steroid dienone is 1. The lowest BCUT2D eigenvalue weighted by Crippen LogP contribution is -2.03. The van der Waals surface area contributed by atoms with Gasteiger partial charge < -0.3 is 4.74 Å². The van der Waals surface area contributed by atoms with Gasteiger partial charge in [0.15, 0.2) is 6.29 Å². The predicted molar refractivity (Wildman–Crippen MR) is 30.9 cm³/mol. The molecular weight excluding hydrogens is 104 g/mol. The molecule has 0 aromatic rings. The molecule has 0 spiro atoms. The van der Waals surface area contributed by atoms with Crippen LogP contribution in [-0.2, 0) is 9.84 Å². The minimum absolute atomic E-state index is 0.432. The molecule has 0 fully saturated rings. The molecule has 1 atom stereocenters. The number of ether oxygens (including phenoxy) is 1. The molecule has 0 aliphatic rings. The maximum Gasteiger partial charge on any atom is 0.188 e. The lowest BCUT2D eigenvalue weighted by molar-refractivity contribution is -0.117. The van der Waals surface area contributed by atoms with Crippen LogP contribution in [0.4, 0.5) is 0 Å². The third kappa shape index (κ3) is 5.66. The molecule has 0 aliphatic carbocycles. The molecule has 0 saturated heterocycles. The first-order valence-corrected chi connectivity index (χ1v) is 2.66. The second-order valence-corrected chi connectivity index (χ2v) is 1.47. The van der Waals surface area contributed by atoms with Crippen molar-refractivity contribution >= 4 is 0 Å². The Morgan fingerprint density at radius 3 is 2.75 bits per heavy atom. The molecule has 0 rings (SSSR count). The largest absolute Gasteiger partial charge is 0.346 e. The zero-order chi connectivity index (χ0) is 6.41. The van der Waals surface area contributed by atoms with E-state index in [9.17, 15) is 5.11 Å².